The molecule has 0 aliphatic heterocycles. The van der Waals surface area contributed by atoms with Crippen molar-refractivity contribution in [2.45, 2.75) is 0 Å². The molecule has 80 valence electrons. The molecule has 1 aromatic carbocycles. The fraction of sp³-hybridized carbons (Fsp3) is 0.125. The third-order valence-electron chi connectivity index (χ3n) is 1.75. The molecule has 0 unspecified atom stereocenters. The number of phenols is 1. The smallest absolute Gasteiger partial charge is 0.288 e. The quantitative estimate of drug-likeness (QED) is 0.517. The lowest BCUT2D eigenvalue weighted by Crippen LogP contribution is -1.96. The van der Waals surface area contributed by atoms with E-state index in [2.05, 4.69) is 15.9 Å². The Kier molecular flexibility index (Phi) is 3.25. The number of carbonyl (C=O) groups is 1. The zero-order valence-corrected chi connectivity index (χ0v) is 9.15. The summed E-state index contributed by atoms with van der Waals surface area (Å²) in [7, 11) is 1.24. The lowest BCUT2D eigenvalue weighted by Gasteiger charge is -2.07. The highest BCUT2D eigenvalue weighted by Gasteiger charge is 2.22. The molecule has 7 heteroatoms. The molecule has 0 saturated carbocycles. The number of methoxy groups -OCH3 is 1. The number of hydrogen-bond donors (Lipinski definition) is 1. The average Bonchev–Trinajstić information content (AvgIpc) is 2.18. The minimum absolute atomic E-state index is 0.0687. The second-order valence-corrected chi connectivity index (χ2v) is 3.34. The summed E-state index contributed by atoms with van der Waals surface area (Å²) in [5.41, 5.74) is -0.548. The fourth-order valence-electron chi connectivity index (χ4n) is 1.03. The summed E-state index contributed by atoms with van der Waals surface area (Å²) < 4.78 is 4.63. The summed E-state index contributed by atoms with van der Waals surface area (Å²) in [6, 6.07) is 1.03. The first-order valence-electron chi connectivity index (χ1n) is 3.72. The number of rotatable bonds is 3. The SMILES string of the molecule is COc1cc([N+](=O)[O-])c(Br)c(C=O)c1O. The van der Waals surface area contributed by atoms with Gasteiger partial charge in [0.25, 0.3) is 5.69 Å². The standard InChI is InChI=1S/C8H6BrNO5/c1-15-6-2-5(10(13)14)7(9)4(3-11)8(6)12/h2-3,12H,1H3. The lowest BCUT2D eigenvalue weighted by molar-refractivity contribution is -0.385. The number of ether oxygens (including phenoxy) is 1. The van der Waals surface area contributed by atoms with Crippen LogP contribution in [0.15, 0.2) is 10.5 Å². The van der Waals surface area contributed by atoms with E-state index in [-0.39, 0.29) is 21.5 Å². The number of nitro groups is 1. The zero-order valence-electron chi connectivity index (χ0n) is 7.56. The molecule has 0 radical (unpaired) electrons. The van der Waals surface area contributed by atoms with E-state index in [1.54, 1.807) is 0 Å². The summed E-state index contributed by atoms with van der Waals surface area (Å²) in [4.78, 5) is 20.5. The first-order valence-corrected chi connectivity index (χ1v) is 4.51. The average molecular weight is 276 g/mol. The molecular weight excluding hydrogens is 270 g/mol. The number of aromatic hydroxyl groups is 1. The van der Waals surface area contributed by atoms with Gasteiger partial charge in [-0.15, -0.1) is 0 Å². The van der Waals surface area contributed by atoms with Gasteiger partial charge >= 0.3 is 0 Å². The van der Waals surface area contributed by atoms with Crippen LogP contribution in [0.5, 0.6) is 11.5 Å². The van der Waals surface area contributed by atoms with Crippen LogP contribution in [0.1, 0.15) is 10.4 Å². The highest BCUT2D eigenvalue weighted by Crippen LogP contribution is 2.40. The Morgan fingerprint density at radius 2 is 2.27 bits per heavy atom. The maximum atomic E-state index is 10.6. The van der Waals surface area contributed by atoms with Crippen LogP contribution in [0.25, 0.3) is 0 Å². The van der Waals surface area contributed by atoms with Crippen molar-refractivity contribution in [1.82, 2.24) is 0 Å². The largest absolute Gasteiger partial charge is 0.504 e. The summed E-state index contributed by atoms with van der Waals surface area (Å²) in [6.45, 7) is 0. The summed E-state index contributed by atoms with van der Waals surface area (Å²) in [5.74, 6) is -0.544. The van der Waals surface area contributed by atoms with Crippen LogP contribution in [-0.2, 0) is 0 Å². The Balaban J connectivity index is 3.58. The maximum Gasteiger partial charge on any atom is 0.288 e. The van der Waals surface area contributed by atoms with Gasteiger partial charge in [-0.3, -0.25) is 14.9 Å². The molecule has 15 heavy (non-hydrogen) atoms. The van der Waals surface area contributed by atoms with Crippen molar-refractivity contribution < 1.29 is 19.6 Å². The van der Waals surface area contributed by atoms with E-state index < -0.39 is 10.7 Å². The molecule has 1 N–H and O–H groups in total. The number of hydrogen-bond acceptors (Lipinski definition) is 5. The van der Waals surface area contributed by atoms with E-state index in [9.17, 15) is 20.0 Å². The van der Waals surface area contributed by atoms with Crippen LogP contribution in [0, 0.1) is 10.1 Å². The fourth-order valence-corrected chi connectivity index (χ4v) is 1.57. The third kappa shape index (κ3) is 1.91. The van der Waals surface area contributed by atoms with Crippen molar-refractivity contribution in [3.63, 3.8) is 0 Å². The Bertz CT molecular complexity index is 432. The summed E-state index contributed by atoms with van der Waals surface area (Å²) >= 11 is 2.87. The van der Waals surface area contributed by atoms with E-state index in [4.69, 9.17) is 4.74 Å². The number of halogens is 1. The number of aldehydes is 1. The molecule has 6 nitrogen and oxygen atoms in total. The topological polar surface area (TPSA) is 89.7 Å². The van der Waals surface area contributed by atoms with E-state index in [0.717, 1.165) is 6.07 Å². The predicted octanol–water partition coefficient (Wildman–Crippen LogP) is 1.88. The predicted molar refractivity (Wildman–Crippen MR) is 54.4 cm³/mol. The van der Waals surface area contributed by atoms with Crippen LogP contribution in [0.4, 0.5) is 5.69 Å². The number of nitrogens with zero attached hydrogens (tertiary/aromatic N) is 1. The molecule has 0 fully saturated rings. The molecule has 0 aliphatic carbocycles. The van der Waals surface area contributed by atoms with E-state index >= 15 is 0 Å². The first-order chi connectivity index (χ1) is 7.02. The third-order valence-corrected chi connectivity index (χ3v) is 2.59. The van der Waals surface area contributed by atoms with Gasteiger partial charge in [0.2, 0.25) is 0 Å². The Morgan fingerprint density at radius 3 is 2.67 bits per heavy atom. The van der Waals surface area contributed by atoms with Gasteiger partial charge in [-0.1, -0.05) is 0 Å². The van der Waals surface area contributed by atoms with Crippen LogP contribution >= 0.6 is 15.9 Å². The van der Waals surface area contributed by atoms with Gasteiger partial charge in [-0.25, -0.2) is 0 Å². The van der Waals surface area contributed by atoms with Crippen LogP contribution in [-0.4, -0.2) is 23.4 Å². The van der Waals surface area contributed by atoms with E-state index in [0.29, 0.717) is 6.29 Å². The van der Waals surface area contributed by atoms with Gasteiger partial charge in [0.05, 0.1) is 23.7 Å². The molecule has 0 atom stereocenters. The van der Waals surface area contributed by atoms with Gasteiger partial charge in [-0.05, 0) is 15.9 Å². The van der Waals surface area contributed by atoms with E-state index in [1.807, 2.05) is 0 Å². The number of benzene rings is 1. The van der Waals surface area contributed by atoms with Crippen LogP contribution in [0.3, 0.4) is 0 Å². The van der Waals surface area contributed by atoms with Gasteiger partial charge in [0.15, 0.2) is 17.8 Å². The molecular formula is C8H6BrNO5. The monoisotopic (exact) mass is 275 g/mol. The van der Waals surface area contributed by atoms with Gasteiger partial charge in [-0.2, -0.15) is 0 Å². The Labute approximate surface area is 92.8 Å². The Hall–Kier alpha value is -1.63. The second-order valence-electron chi connectivity index (χ2n) is 2.55. The molecule has 1 rings (SSSR count). The van der Waals surface area contributed by atoms with Crippen molar-refractivity contribution in [3.05, 3.63) is 26.2 Å². The molecule has 0 aliphatic rings. The van der Waals surface area contributed by atoms with Gasteiger partial charge < -0.3 is 9.84 Å². The van der Waals surface area contributed by atoms with Crippen molar-refractivity contribution in [1.29, 1.82) is 0 Å². The zero-order chi connectivity index (χ0) is 11.6. The van der Waals surface area contributed by atoms with E-state index in [1.165, 1.54) is 7.11 Å². The highest BCUT2D eigenvalue weighted by molar-refractivity contribution is 9.10. The normalized spacial score (nSPS) is 9.73. The molecule has 0 aromatic heterocycles. The maximum absolute atomic E-state index is 10.6. The Morgan fingerprint density at radius 1 is 1.67 bits per heavy atom. The first kappa shape index (κ1) is 11.4. The number of nitro benzene ring substituents is 1. The van der Waals surface area contributed by atoms with Crippen LogP contribution < -0.4 is 4.74 Å². The van der Waals surface area contributed by atoms with Crippen molar-refractivity contribution in [2.24, 2.45) is 0 Å². The summed E-state index contributed by atoms with van der Waals surface area (Å²) in [5, 5.41) is 20.1. The van der Waals surface area contributed by atoms with Gasteiger partial charge in [0, 0.05) is 0 Å². The molecule has 0 spiro atoms. The molecule has 0 saturated heterocycles. The molecule has 0 bridgehead atoms. The minimum atomic E-state index is -0.682. The second kappa shape index (κ2) is 4.26. The van der Waals surface area contributed by atoms with Crippen molar-refractivity contribution in [2.75, 3.05) is 7.11 Å². The molecule has 0 heterocycles. The highest BCUT2D eigenvalue weighted by atomic mass is 79.9. The van der Waals surface area contributed by atoms with Crippen molar-refractivity contribution in [3.8, 4) is 11.5 Å². The number of phenolic OH excluding ortho intramolecular Hbond substituents is 1. The van der Waals surface area contributed by atoms with Crippen molar-refractivity contribution >= 4 is 27.9 Å². The van der Waals surface area contributed by atoms with Gasteiger partial charge in [0.1, 0.15) is 4.47 Å². The summed E-state index contributed by atoms with van der Waals surface area (Å²) in [6.07, 6.45) is 0.314. The minimum Gasteiger partial charge on any atom is -0.504 e. The number of carbonyl (C=O) groups excluding carboxylic acids is 1. The van der Waals surface area contributed by atoms with Crippen LogP contribution in [0.2, 0.25) is 0 Å². The lowest BCUT2D eigenvalue weighted by atomic mass is 10.2. The molecule has 1 aromatic rings. The molecule has 0 amide bonds.